The van der Waals surface area contributed by atoms with Gasteiger partial charge < -0.3 is 15.4 Å². The molecule has 0 aliphatic heterocycles. The van der Waals surface area contributed by atoms with Crippen LogP contribution >= 0.6 is 0 Å². The summed E-state index contributed by atoms with van der Waals surface area (Å²) in [6.07, 6.45) is 7.33. The fraction of sp³-hybridized carbons (Fsp3) is 0.185. The van der Waals surface area contributed by atoms with Crippen LogP contribution in [0, 0.1) is 6.92 Å². The first kappa shape index (κ1) is 25.2. The number of nitrogens with zero attached hydrogens (tertiary/aromatic N) is 3. The van der Waals surface area contributed by atoms with Crippen molar-refractivity contribution in [2.45, 2.75) is 33.3 Å². The lowest BCUT2D eigenvalue weighted by atomic mass is 9.99. The summed E-state index contributed by atoms with van der Waals surface area (Å²) < 4.78 is 5.42. The van der Waals surface area contributed by atoms with Gasteiger partial charge in [-0.15, -0.1) is 0 Å². The van der Waals surface area contributed by atoms with Crippen molar-refractivity contribution in [1.29, 1.82) is 0 Å². The average Bonchev–Trinajstić information content (AvgIpc) is 2.83. The second-order valence-electron chi connectivity index (χ2n) is 9.28. The van der Waals surface area contributed by atoms with Gasteiger partial charge in [-0.2, -0.15) is 0 Å². The molecule has 0 saturated carbocycles. The number of amides is 3. The lowest BCUT2D eigenvalue weighted by Gasteiger charge is -2.20. The Morgan fingerprint density at radius 2 is 1.62 bits per heavy atom. The van der Waals surface area contributed by atoms with Gasteiger partial charge in [-0.05, 0) is 80.6 Å². The summed E-state index contributed by atoms with van der Waals surface area (Å²) in [5.41, 5.74) is 2.85. The highest BCUT2D eigenvalue weighted by Gasteiger charge is 2.19. The molecule has 37 heavy (non-hydrogen) atoms. The summed E-state index contributed by atoms with van der Waals surface area (Å²) >= 11 is 0. The van der Waals surface area contributed by atoms with Crippen LogP contribution in [-0.4, -0.2) is 38.5 Å². The normalized spacial score (nSPS) is 11.0. The Bertz CT molecular complexity index is 1480. The van der Waals surface area contributed by atoms with Gasteiger partial charge in [0.05, 0.1) is 17.6 Å². The molecule has 0 saturated heterocycles. The van der Waals surface area contributed by atoms with Crippen molar-refractivity contribution in [1.82, 2.24) is 15.0 Å². The molecule has 3 amide bonds. The molecule has 1 aromatic carbocycles. The van der Waals surface area contributed by atoms with Gasteiger partial charge in [0.2, 0.25) is 0 Å². The standard InChI is InChI=1S/C27H26N6O4/c1-16-7-9-29-14-20(16)17-10-18-12-23(33-25(35)24(34)31-19-6-5-8-28-13-19)30-15-21(18)22(11-17)32-26(36)37-27(2,3)4/h5-15H,1-4H3,(H,31,34)(H,32,36)(H,30,33,35). The van der Waals surface area contributed by atoms with Gasteiger partial charge in [-0.3, -0.25) is 24.9 Å². The van der Waals surface area contributed by atoms with Gasteiger partial charge in [0, 0.05) is 35.7 Å². The third-order valence-electron chi connectivity index (χ3n) is 5.19. The van der Waals surface area contributed by atoms with E-state index in [4.69, 9.17) is 4.74 Å². The number of rotatable bonds is 4. The molecule has 3 heterocycles. The van der Waals surface area contributed by atoms with E-state index < -0.39 is 23.5 Å². The molecule has 0 aliphatic rings. The van der Waals surface area contributed by atoms with E-state index in [2.05, 4.69) is 30.9 Å². The van der Waals surface area contributed by atoms with E-state index >= 15 is 0 Å². The second-order valence-corrected chi connectivity index (χ2v) is 9.28. The maximum atomic E-state index is 12.6. The maximum absolute atomic E-state index is 12.6. The highest BCUT2D eigenvalue weighted by molar-refractivity contribution is 6.43. The number of nitrogens with one attached hydrogen (secondary N) is 3. The van der Waals surface area contributed by atoms with Crippen LogP contribution < -0.4 is 16.0 Å². The summed E-state index contributed by atoms with van der Waals surface area (Å²) in [7, 11) is 0. The molecule has 4 rings (SSSR count). The summed E-state index contributed by atoms with van der Waals surface area (Å²) in [5.74, 6) is -1.58. The number of aromatic nitrogens is 3. The first-order valence-corrected chi connectivity index (χ1v) is 11.5. The second kappa shape index (κ2) is 10.4. The molecule has 0 atom stereocenters. The number of pyridine rings is 3. The van der Waals surface area contributed by atoms with Crippen LogP contribution in [-0.2, 0) is 14.3 Å². The minimum Gasteiger partial charge on any atom is -0.444 e. The van der Waals surface area contributed by atoms with E-state index in [-0.39, 0.29) is 5.82 Å². The van der Waals surface area contributed by atoms with Crippen molar-refractivity contribution in [3.05, 3.63) is 72.9 Å². The Morgan fingerprint density at radius 1 is 0.865 bits per heavy atom. The van der Waals surface area contributed by atoms with Crippen molar-refractivity contribution in [3.63, 3.8) is 0 Å². The third-order valence-corrected chi connectivity index (χ3v) is 5.19. The van der Waals surface area contributed by atoms with Crippen molar-refractivity contribution in [2.24, 2.45) is 0 Å². The molecule has 3 aromatic heterocycles. The molecule has 0 bridgehead atoms. The number of ether oxygens (including phenoxy) is 1. The Kier molecular flexibility index (Phi) is 7.10. The lowest BCUT2D eigenvalue weighted by molar-refractivity contribution is -0.133. The number of benzene rings is 1. The Morgan fingerprint density at radius 3 is 2.32 bits per heavy atom. The summed E-state index contributed by atoms with van der Waals surface area (Å²) in [5, 5.41) is 9.07. The quantitative estimate of drug-likeness (QED) is 0.340. The van der Waals surface area contributed by atoms with Crippen LogP contribution in [0.15, 0.2) is 67.4 Å². The van der Waals surface area contributed by atoms with E-state index in [1.54, 1.807) is 57.6 Å². The molecule has 188 valence electrons. The van der Waals surface area contributed by atoms with Crippen LogP contribution in [0.25, 0.3) is 21.9 Å². The molecule has 4 aromatic rings. The number of carbonyl (C=O) groups is 3. The zero-order valence-electron chi connectivity index (χ0n) is 20.8. The zero-order valence-corrected chi connectivity index (χ0v) is 20.8. The van der Waals surface area contributed by atoms with Crippen LogP contribution in [0.5, 0.6) is 0 Å². The van der Waals surface area contributed by atoms with Gasteiger partial charge in [-0.1, -0.05) is 0 Å². The summed E-state index contributed by atoms with van der Waals surface area (Å²) in [6.45, 7) is 7.30. The molecule has 10 nitrogen and oxygen atoms in total. The summed E-state index contributed by atoms with van der Waals surface area (Å²) in [6, 6.07) is 10.5. The van der Waals surface area contributed by atoms with Gasteiger partial charge in [0.15, 0.2) is 0 Å². The molecular weight excluding hydrogens is 472 g/mol. The molecule has 0 spiro atoms. The molecule has 0 aliphatic carbocycles. The molecule has 3 N–H and O–H groups in total. The van der Waals surface area contributed by atoms with Crippen LogP contribution in [0.4, 0.5) is 22.0 Å². The topological polar surface area (TPSA) is 135 Å². The Labute approximate surface area is 213 Å². The minimum atomic E-state index is -0.887. The van der Waals surface area contributed by atoms with E-state index in [9.17, 15) is 14.4 Å². The van der Waals surface area contributed by atoms with Crippen molar-refractivity contribution < 1.29 is 19.1 Å². The predicted molar refractivity (Wildman–Crippen MR) is 141 cm³/mol. The average molecular weight is 499 g/mol. The Balaban J connectivity index is 1.67. The third kappa shape index (κ3) is 6.43. The first-order chi connectivity index (χ1) is 17.6. The van der Waals surface area contributed by atoms with Crippen LogP contribution in [0.2, 0.25) is 0 Å². The van der Waals surface area contributed by atoms with Crippen LogP contribution in [0.1, 0.15) is 26.3 Å². The number of hydrogen-bond donors (Lipinski definition) is 3. The molecule has 0 radical (unpaired) electrons. The SMILES string of the molecule is Cc1ccncc1-c1cc(NC(=O)OC(C)(C)C)c2cnc(NC(=O)C(=O)Nc3cccnc3)cc2c1. The lowest BCUT2D eigenvalue weighted by Crippen LogP contribution is -2.29. The van der Waals surface area contributed by atoms with E-state index in [1.165, 1.54) is 12.4 Å². The summed E-state index contributed by atoms with van der Waals surface area (Å²) in [4.78, 5) is 49.7. The molecule has 0 unspecified atom stereocenters. The zero-order chi connectivity index (χ0) is 26.6. The monoisotopic (exact) mass is 498 g/mol. The van der Waals surface area contributed by atoms with Gasteiger partial charge in [0.25, 0.3) is 0 Å². The number of anilines is 3. The van der Waals surface area contributed by atoms with Crippen molar-refractivity contribution in [3.8, 4) is 11.1 Å². The van der Waals surface area contributed by atoms with Crippen molar-refractivity contribution in [2.75, 3.05) is 16.0 Å². The largest absolute Gasteiger partial charge is 0.444 e. The van der Waals surface area contributed by atoms with Gasteiger partial charge >= 0.3 is 17.9 Å². The fourth-order valence-electron chi connectivity index (χ4n) is 3.56. The smallest absolute Gasteiger partial charge is 0.412 e. The number of hydrogen-bond acceptors (Lipinski definition) is 7. The van der Waals surface area contributed by atoms with Gasteiger partial charge in [-0.25, -0.2) is 9.78 Å². The van der Waals surface area contributed by atoms with E-state index in [1.807, 2.05) is 25.1 Å². The van der Waals surface area contributed by atoms with Crippen LogP contribution in [0.3, 0.4) is 0 Å². The molecular formula is C27H26N6O4. The van der Waals surface area contributed by atoms with Crippen molar-refractivity contribution >= 4 is 45.9 Å². The molecule has 10 heteroatoms. The number of carbonyl (C=O) groups excluding carboxylic acids is 3. The number of aryl methyl sites for hydroxylation is 1. The minimum absolute atomic E-state index is 0.169. The highest BCUT2D eigenvalue weighted by Crippen LogP contribution is 2.33. The highest BCUT2D eigenvalue weighted by atomic mass is 16.6. The van der Waals surface area contributed by atoms with E-state index in [0.717, 1.165) is 16.7 Å². The first-order valence-electron chi connectivity index (χ1n) is 11.5. The maximum Gasteiger partial charge on any atom is 0.412 e. The Hall–Kier alpha value is -4.86. The fourth-order valence-corrected chi connectivity index (χ4v) is 3.56. The number of fused-ring (bicyclic) bond motifs is 1. The molecule has 0 fully saturated rings. The predicted octanol–water partition coefficient (Wildman–Crippen LogP) is 4.92. The van der Waals surface area contributed by atoms with Gasteiger partial charge in [0.1, 0.15) is 11.4 Å². The van der Waals surface area contributed by atoms with E-state index in [0.29, 0.717) is 22.1 Å².